The summed E-state index contributed by atoms with van der Waals surface area (Å²) in [6, 6.07) is 8.73. The van der Waals surface area contributed by atoms with Crippen LogP contribution in [0, 0.1) is 5.92 Å². The SMILES string of the molecule is CCCCC(C)C(=O)n1c(=O)ccc2ccc(OCCCCN)cc21. The molecule has 0 spiro atoms. The van der Waals surface area contributed by atoms with E-state index in [0.717, 1.165) is 37.5 Å². The van der Waals surface area contributed by atoms with Crippen molar-refractivity contribution in [2.75, 3.05) is 13.2 Å². The molecule has 0 aliphatic rings. The van der Waals surface area contributed by atoms with E-state index in [9.17, 15) is 9.59 Å². The van der Waals surface area contributed by atoms with Crippen molar-refractivity contribution in [3.8, 4) is 5.75 Å². The molecule has 136 valence electrons. The van der Waals surface area contributed by atoms with Gasteiger partial charge in [0.15, 0.2) is 0 Å². The molecule has 1 unspecified atom stereocenters. The van der Waals surface area contributed by atoms with E-state index in [4.69, 9.17) is 10.5 Å². The van der Waals surface area contributed by atoms with E-state index in [1.807, 2.05) is 19.1 Å². The van der Waals surface area contributed by atoms with Gasteiger partial charge in [0.2, 0.25) is 5.91 Å². The zero-order chi connectivity index (χ0) is 18.2. The molecule has 5 nitrogen and oxygen atoms in total. The first-order valence-corrected chi connectivity index (χ1v) is 9.11. The molecule has 0 aliphatic carbocycles. The molecule has 0 aliphatic heterocycles. The van der Waals surface area contributed by atoms with Gasteiger partial charge in [0.25, 0.3) is 5.56 Å². The van der Waals surface area contributed by atoms with Crippen LogP contribution in [0.15, 0.2) is 35.1 Å². The zero-order valence-electron chi connectivity index (χ0n) is 15.2. The summed E-state index contributed by atoms with van der Waals surface area (Å²) in [5.41, 5.74) is 5.80. The lowest BCUT2D eigenvalue weighted by Crippen LogP contribution is -2.30. The molecule has 0 saturated carbocycles. The molecule has 0 fully saturated rings. The van der Waals surface area contributed by atoms with Crippen LogP contribution in [0.2, 0.25) is 0 Å². The number of fused-ring (bicyclic) bond motifs is 1. The fourth-order valence-corrected chi connectivity index (χ4v) is 2.82. The summed E-state index contributed by atoms with van der Waals surface area (Å²) < 4.78 is 7.03. The average Bonchev–Trinajstić information content (AvgIpc) is 2.62. The predicted molar refractivity (Wildman–Crippen MR) is 101 cm³/mol. The van der Waals surface area contributed by atoms with Crippen LogP contribution in [0.5, 0.6) is 5.75 Å². The number of aromatic nitrogens is 1. The number of carbonyl (C=O) groups is 1. The highest BCUT2D eigenvalue weighted by atomic mass is 16.5. The van der Waals surface area contributed by atoms with Crippen molar-refractivity contribution in [3.05, 3.63) is 40.7 Å². The number of unbranched alkanes of at least 4 members (excludes halogenated alkanes) is 2. The van der Waals surface area contributed by atoms with Crippen LogP contribution in [0.4, 0.5) is 0 Å². The van der Waals surface area contributed by atoms with Crippen LogP contribution in [0.1, 0.15) is 50.7 Å². The second-order valence-corrected chi connectivity index (χ2v) is 6.45. The number of ether oxygens (including phenoxy) is 1. The molecule has 0 bridgehead atoms. The molecule has 1 aromatic carbocycles. The number of carbonyl (C=O) groups excluding carboxylic acids is 1. The fraction of sp³-hybridized carbons (Fsp3) is 0.500. The number of hydrogen-bond donors (Lipinski definition) is 1. The fourth-order valence-electron chi connectivity index (χ4n) is 2.82. The average molecular weight is 344 g/mol. The second-order valence-electron chi connectivity index (χ2n) is 6.45. The Morgan fingerprint density at radius 3 is 2.68 bits per heavy atom. The first-order valence-electron chi connectivity index (χ1n) is 9.11. The van der Waals surface area contributed by atoms with Gasteiger partial charge in [-0.25, -0.2) is 4.57 Å². The Bertz CT molecular complexity index is 767. The number of benzene rings is 1. The third-order valence-corrected chi connectivity index (χ3v) is 4.37. The summed E-state index contributed by atoms with van der Waals surface area (Å²) in [4.78, 5) is 25.2. The number of nitrogens with zero attached hydrogens (tertiary/aromatic N) is 1. The van der Waals surface area contributed by atoms with Crippen LogP contribution in [-0.4, -0.2) is 23.6 Å². The topological polar surface area (TPSA) is 74.3 Å². The van der Waals surface area contributed by atoms with Crippen molar-refractivity contribution in [3.63, 3.8) is 0 Å². The van der Waals surface area contributed by atoms with Gasteiger partial charge in [-0.1, -0.05) is 26.7 Å². The van der Waals surface area contributed by atoms with Crippen LogP contribution in [0.3, 0.4) is 0 Å². The predicted octanol–water partition coefficient (Wildman–Crippen LogP) is 3.59. The Kier molecular flexibility index (Phi) is 7.19. The van der Waals surface area contributed by atoms with Gasteiger partial charge in [0.1, 0.15) is 5.75 Å². The molecule has 1 atom stereocenters. The van der Waals surface area contributed by atoms with Crippen molar-refractivity contribution in [1.82, 2.24) is 4.57 Å². The minimum absolute atomic E-state index is 0.149. The third-order valence-electron chi connectivity index (χ3n) is 4.37. The van der Waals surface area contributed by atoms with Crippen molar-refractivity contribution in [2.24, 2.45) is 11.7 Å². The molecule has 0 radical (unpaired) electrons. The van der Waals surface area contributed by atoms with Gasteiger partial charge in [0, 0.05) is 18.1 Å². The molecule has 0 saturated heterocycles. The van der Waals surface area contributed by atoms with Gasteiger partial charge in [-0.15, -0.1) is 0 Å². The first-order chi connectivity index (χ1) is 12.1. The normalized spacial score (nSPS) is 12.3. The quantitative estimate of drug-likeness (QED) is 0.706. The highest BCUT2D eigenvalue weighted by Gasteiger charge is 2.18. The van der Waals surface area contributed by atoms with E-state index >= 15 is 0 Å². The Balaban J connectivity index is 2.32. The first kappa shape index (κ1) is 19.2. The van der Waals surface area contributed by atoms with Gasteiger partial charge in [-0.2, -0.15) is 0 Å². The maximum absolute atomic E-state index is 12.8. The van der Waals surface area contributed by atoms with E-state index in [0.29, 0.717) is 24.4 Å². The Labute approximate surface area is 148 Å². The number of nitrogens with two attached hydrogens (primary N) is 1. The monoisotopic (exact) mass is 344 g/mol. The van der Waals surface area contributed by atoms with Crippen LogP contribution in [0.25, 0.3) is 10.9 Å². The minimum atomic E-state index is -0.291. The van der Waals surface area contributed by atoms with E-state index in [1.165, 1.54) is 10.6 Å². The summed E-state index contributed by atoms with van der Waals surface area (Å²) in [7, 11) is 0. The number of pyridine rings is 1. The van der Waals surface area contributed by atoms with Gasteiger partial charge in [-0.05, 0) is 49.4 Å². The highest BCUT2D eigenvalue weighted by Crippen LogP contribution is 2.21. The zero-order valence-corrected chi connectivity index (χ0v) is 15.2. The van der Waals surface area contributed by atoms with Gasteiger partial charge in [-0.3, -0.25) is 9.59 Å². The molecular formula is C20H28N2O3. The molecule has 2 aromatic rings. The molecule has 5 heteroatoms. The summed E-state index contributed by atoms with van der Waals surface area (Å²) in [6.45, 7) is 5.19. The van der Waals surface area contributed by atoms with E-state index in [2.05, 4.69) is 6.92 Å². The lowest BCUT2D eigenvalue weighted by atomic mass is 10.0. The Morgan fingerprint density at radius 1 is 1.20 bits per heavy atom. The molecule has 2 N–H and O–H groups in total. The lowest BCUT2D eigenvalue weighted by Gasteiger charge is -2.15. The smallest absolute Gasteiger partial charge is 0.257 e. The number of hydrogen-bond acceptors (Lipinski definition) is 4. The van der Waals surface area contributed by atoms with E-state index < -0.39 is 0 Å². The molecule has 25 heavy (non-hydrogen) atoms. The third kappa shape index (κ3) is 4.92. The van der Waals surface area contributed by atoms with Gasteiger partial charge in [0.05, 0.1) is 12.1 Å². The second kappa shape index (κ2) is 9.37. The Morgan fingerprint density at radius 2 is 1.96 bits per heavy atom. The highest BCUT2D eigenvalue weighted by molar-refractivity contribution is 5.92. The maximum atomic E-state index is 12.8. The van der Waals surface area contributed by atoms with Crippen molar-refractivity contribution in [2.45, 2.75) is 46.0 Å². The molecule has 0 amide bonds. The minimum Gasteiger partial charge on any atom is -0.494 e. The molecule has 1 heterocycles. The van der Waals surface area contributed by atoms with E-state index in [1.54, 1.807) is 12.1 Å². The van der Waals surface area contributed by atoms with Crippen LogP contribution >= 0.6 is 0 Å². The van der Waals surface area contributed by atoms with Crippen molar-refractivity contribution in [1.29, 1.82) is 0 Å². The van der Waals surface area contributed by atoms with E-state index in [-0.39, 0.29) is 17.4 Å². The molecule has 2 rings (SSSR count). The van der Waals surface area contributed by atoms with Crippen LogP contribution < -0.4 is 16.0 Å². The number of rotatable bonds is 9. The van der Waals surface area contributed by atoms with Crippen molar-refractivity contribution < 1.29 is 9.53 Å². The van der Waals surface area contributed by atoms with Crippen LogP contribution in [-0.2, 0) is 0 Å². The summed E-state index contributed by atoms with van der Waals surface area (Å²) in [5.74, 6) is 0.333. The Hall–Kier alpha value is -2.14. The summed E-state index contributed by atoms with van der Waals surface area (Å²) in [5, 5.41) is 0.852. The van der Waals surface area contributed by atoms with Crippen molar-refractivity contribution >= 4 is 16.8 Å². The maximum Gasteiger partial charge on any atom is 0.257 e. The largest absolute Gasteiger partial charge is 0.494 e. The standard InChI is InChI=1S/C20H28N2O3/c1-3-4-7-15(2)20(24)22-18-14-17(25-13-6-5-12-21)10-8-16(18)9-11-19(22)23/h8-11,14-15H,3-7,12-13,21H2,1-2H3. The summed E-state index contributed by atoms with van der Waals surface area (Å²) >= 11 is 0. The molecule has 1 aromatic heterocycles. The van der Waals surface area contributed by atoms with Gasteiger partial charge < -0.3 is 10.5 Å². The lowest BCUT2D eigenvalue weighted by molar-refractivity contribution is 0.0838. The van der Waals surface area contributed by atoms with Gasteiger partial charge >= 0.3 is 0 Å². The molecular weight excluding hydrogens is 316 g/mol. The summed E-state index contributed by atoms with van der Waals surface area (Å²) in [6.07, 6.45) is 4.58.